The molecule has 5 rings (SSSR count). The normalized spacial score (nSPS) is 29.0. The summed E-state index contributed by atoms with van der Waals surface area (Å²) < 4.78 is 119. The molecule has 1 amide bonds. The van der Waals surface area contributed by atoms with Crippen molar-refractivity contribution in [1.29, 1.82) is 0 Å². The number of carbonyl (C=O) groups is 1. The smallest absolute Gasteiger partial charge is 0.388 e. The molecule has 1 N–H and O–H groups in total. The molecule has 41 heavy (non-hydrogen) atoms. The zero-order valence-corrected chi connectivity index (χ0v) is 23.4. The van der Waals surface area contributed by atoms with Gasteiger partial charge in [-0.1, -0.05) is 6.07 Å². The number of aromatic nitrogens is 1. The predicted molar refractivity (Wildman–Crippen MR) is 135 cm³/mol. The van der Waals surface area contributed by atoms with Crippen molar-refractivity contribution in [1.82, 2.24) is 9.88 Å². The number of hydrogen-bond acceptors (Lipinski definition) is 7. The summed E-state index contributed by atoms with van der Waals surface area (Å²) in [6, 6.07) is 4.79. The third-order valence-electron chi connectivity index (χ3n) is 8.51. The number of hydrogen-bond donors (Lipinski definition) is 1. The van der Waals surface area contributed by atoms with Gasteiger partial charge in [-0.15, -0.1) is 0 Å². The predicted octanol–water partition coefficient (Wildman–Crippen LogP) is 3.12. The highest BCUT2D eigenvalue weighted by atomic mass is 32.2. The first kappa shape index (κ1) is 29.8. The number of halogens is 5. The van der Waals surface area contributed by atoms with E-state index in [4.69, 9.17) is 0 Å². The van der Waals surface area contributed by atoms with E-state index in [1.54, 1.807) is 0 Å². The first-order valence-electron chi connectivity index (χ1n) is 12.8. The summed E-state index contributed by atoms with van der Waals surface area (Å²) in [6.45, 7) is 0.194. The molecule has 224 valence electrons. The summed E-state index contributed by atoms with van der Waals surface area (Å²) in [5, 5.41) is 10.8. The number of alkyl halides is 4. The minimum Gasteiger partial charge on any atom is -0.388 e. The summed E-state index contributed by atoms with van der Waals surface area (Å²) in [7, 11) is -8.02. The number of pyridine rings is 1. The molecule has 1 aliphatic carbocycles. The fourth-order valence-electron chi connectivity index (χ4n) is 6.32. The van der Waals surface area contributed by atoms with Crippen LogP contribution in [0.25, 0.3) is 0 Å². The van der Waals surface area contributed by atoms with Crippen LogP contribution in [0.3, 0.4) is 0 Å². The second-order valence-electron chi connectivity index (χ2n) is 11.2. The molecular weight excluding hydrogens is 595 g/mol. The number of nitrogens with zero attached hydrogens (tertiary/aromatic N) is 2. The first-order valence-corrected chi connectivity index (χ1v) is 16.1. The Morgan fingerprint density at radius 1 is 1.12 bits per heavy atom. The molecule has 3 heterocycles. The lowest BCUT2D eigenvalue weighted by molar-refractivity contribution is -0.230. The summed E-state index contributed by atoms with van der Waals surface area (Å²) in [6.07, 6.45) is -6.36. The van der Waals surface area contributed by atoms with Crippen LogP contribution in [-0.2, 0) is 41.3 Å². The van der Waals surface area contributed by atoms with Crippen molar-refractivity contribution >= 4 is 25.6 Å². The van der Waals surface area contributed by atoms with E-state index in [1.165, 1.54) is 4.90 Å². The van der Waals surface area contributed by atoms with Crippen molar-refractivity contribution in [3.63, 3.8) is 0 Å². The SMILES string of the molecule is CC(F)(c1ccc2c(n1)CCC1N(C(=O)CC3(O)CCS(=O)(=O)C3)CCC21S(=O)(=O)c1ccc(F)cc1)C(F)(F)F. The van der Waals surface area contributed by atoms with Gasteiger partial charge in [0.2, 0.25) is 11.6 Å². The van der Waals surface area contributed by atoms with Crippen LogP contribution in [0.4, 0.5) is 22.0 Å². The van der Waals surface area contributed by atoms with Crippen molar-refractivity contribution in [3.05, 3.63) is 59.2 Å². The lowest BCUT2D eigenvalue weighted by atomic mass is 9.80. The Morgan fingerprint density at radius 3 is 2.37 bits per heavy atom. The van der Waals surface area contributed by atoms with Gasteiger partial charge in [0.05, 0.1) is 40.2 Å². The van der Waals surface area contributed by atoms with Crippen LogP contribution >= 0.6 is 0 Å². The second-order valence-corrected chi connectivity index (χ2v) is 15.6. The van der Waals surface area contributed by atoms with E-state index in [1.807, 2.05) is 0 Å². The van der Waals surface area contributed by atoms with Gasteiger partial charge in [0, 0.05) is 12.2 Å². The molecular formula is C26H27F5N2O6S2. The number of aliphatic hydroxyl groups is 1. The van der Waals surface area contributed by atoms with Crippen LogP contribution in [0.5, 0.6) is 0 Å². The van der Waals surface area contributed by atoms with Gasteiger partial charge in [-0.3, -0.25) is 9.78 Å². The molecule has 0 spiro atoms. The molecule has 2 saturated heterocycles. The molecule has 4 atom stereocenters. The summed E-state index contributed by atoms with van der Waals surface area (Å²) in [4.78, 5) is 18.4. The van der Waals surface area contributed by atoms with Crippen LogP contribution < -0.4 is 0 Å². The van der Waals surface area contributed by atoms with Crippen LogP contribution in [0.1, 0.15) is 49.6 Å². The van der Waals surface area contributed by atoms with Crippen molar-refractivity contribution < 1.29 is 48.7 Å². The second kappa shape index (κ2) is 9.43. The lowest BCUT2D eigenvalue weighted by Gasteiger charge is -2.42. The average Bonchev–Trinajstić information content (AvgIpc) is 3.41. The van der Waals surface area contributed by atoms with Crippen molar-refractivity contribution in [3.8, 4) is 0 Å². The average molecular weight is 623 g/mol. The molecule has 0 saturated carbocycles. The fourth-order valence-corrected chi connectivity index (χ4v) is 10.6. The molecule has 3 aliphatic rings. The number of carbonyl (C=O) groups excluding carboxylic acids is 1. The fraction of sp³-hybridized carbons (Fsp3) is 0.538. The summed E-state index contributed by atoms with van der Waals surface area (Å²) >= 11 is 0. The number of fused-ring (bicyclic) bond motifs is 3. The first-order chi connectivity index (χ1) is 18.8. The van der Waals surface area contributed by atoms with E-state index in [2.05, 4.69) is 4.98 Å². The maximum absolute atomic E-state index is 14.8. The van der Waals surface area contributed by atoms with Gasteiger partial charge in [0.15, 0.2) is 19.7 Å². The summed E-state index contributed by atoms with van der Waals surface area (Å²) in [5.41, 5.74) is -6.61. The Bertz CT molecular complexity index is 1610. The largest absolute Gasteiger partial charge is 0.428 e. The third kappa shape index (κ3) is 4.73. The molecule has 4 unspecified atom stereocenters. The topological polar surface area (TPSA) is 122 Å². The number of sulfone groups is 2. The van der Waals surface area contributed by atoms with Gasteiger partial charge in [-0.25, -0.2) is 25.6 Å². The Hall–Kier alpha value is -2.65. The van der Waals surface area contributed by atoms with Gasteiger partial charge in [-0.05, 0) is 68.5 Å². The maximum atomic E-state index is 14.8. The Labute approximate surface area is 233 Å². The zero-order chi connectivity index (χ0) is 30.2. The van der Waals surface area contributed by atoms with Gasteiger partial charge >= 0.3 is 6.18 Å². The van der Waals surface area contributed by atoms with E-state index in [0.717, 1.165) is 36.4 Å². The van der Waals surface area contributed by atoms with E-state index < -0.39 is 77.5 Å². The van der Waals surface area contributed by atoms with E-state index in [9.17, 15) is 48.7 Å². The minimum atomic E-state index is -5.28. The Balaban J connectivity index is 1.61. The van der Waals surface area contributed by atoms with E-state index in [0.29, 0.717) is 6.92 Å². The molecule has 0 radical (unpaired) electrons. The number of benzene rings is 1. The monoisotopic (exact) mass is 622 g/mol. The van der Waals surface area contributed by atoms with Crippen molar-refractivity contribution in [2.75, 3.05) is 18.1 Å². The summed E-state index contributed by atoms with van der Waals surface area (Å²) in [5.74, 6) is -2.28. The van der Waals surface area contributed by atoms with E-state index >= 15 is 0 Å². The minimum absolute atomic E-state index is 0.0113. The zero-order valence-electron chi connectivity index (χ0n) is 21.8. The number of rotatable bonds is 5. The molecule has 0 bridgehead atoms. The Morgan fingerprint density at radius 2 is 1.78 bits per heavy atom. The van der Waals surface area contributed by atoms with Crippen LogP contribution in [0.15, 0.2) is 41.3 Å². The van der Waals surface area contributed by atoms with E-state index in [-0.39, 0.29) is 54.1 Å². The lowest BCUT2D eigenvalue weighted by Crippen LogP contribution is -2.53. The van der Waals surface area contributed by atoms with Gasteiger partial charge in [-0.2, -0.15) is 13.2 Å². The number of likely N-dealkylation sites (tertiary alicyclic amines) is 1. The molecule has 15 heteroatoms. The Kier molecular flexibility index (Phi) is 6.86. The van der Waals surface area contributed by atoms with Crippen molar-refractivity contribution in [2.24, 2.45) is 0 Å². The number of amides is 1. The standard InChI is InChI=1S/C26H27F5N2O6S2/c1-23(28,26(29,30)31)20-8-6-18-19(32-20)7-9-21-25(18,41(38,39)17-4-2-16(27)3-5-17)10-12-33(21)22(34)14-24(35)11-13-40(36,37)15-24/h2-6,8,21,35H,7,9-15H2,1H3. The third-order valence-corrected chi connectivity index (χ3v) is 12.9. The molecule has 2 fully saturated rings. The van der Waals surface area contributed by atoms with Gasteiger partial charge in [0.25, 0.3) is 0 Å². The highest BCUT2D eigenvalue weighted by Crippen LogP contribution is 2.53. The van der Waals surface area contributed by atoms with Crippen LogP contribution in [0, 0.1) is 5.82 Å². The molecule has 1 aromatic heterocycles. The van der Waals surface area contributed by atoms with Gasteiger partial charge < -0.3 is 10.0 Å². The molecule has 8 nitrogen and oxygen atoms in total. The molecule has 2 aromatic rings. The van der Waals surface area contributed by atoms with Crippen molar-refractivity contribution in [2.45, 2.75) is 72.2 Å². The highest BCUT2D eigenvalue weighted by molar-refractivity contribution is 7.92. The quantitative estimate of drug-likeness (QED) is 0.402. The molecule has 2 aliphatic heterocycles. The van der Waals surface area contributed by atoms with Gasteiger partial charge in [0.1, 0.15) is 10.6 Å². The van der Waals surface area contributed by atoms with Crippen LogP contribution in [-0.4, -0.2) is 73.6 Å². The maximum Gasteiger partial charge on any atom is 0.428 e. The number of aryl methyl sites for hydroxylation is 1. The highest BCUT2D eigenvalue weighted by Gasteiger charge is 2.62. The van der Waals surface area contributed by atoms with Crippen LogP contribution in [0.2, 0.25) is 0 Å². The molecule has 1 aromatic carbocycles.